The van der Waals surface area contributed by atoms with Gasteiger partial charge in [0.25, 0.3) is 0 Å². The van der Waals surface area contributed by atoms with E-state index in [-0.39, 0.29) is 18.7 Å². The molecule has 13 heavy (non-hydrogen) atoms. The highest BCUT2D eigenvalue weighted by molar-refractivity contribution is 6.40. The number of carboxylic acids is 1. The summed E-state index contributed by atoms with van der Waals surface area (Å²) in [5.41, 5.74) is 5.35. The zero-order chi connectivity index (χ0) is 10.3. The first-order chi connectivity index (χ1) is 6.06. The number of carboxylic acid groups (broad SMARTS) is 1. The molecular weight excluding hydrogens is 173 g/mol. The minimum Gasteiger partial charge on any atom is -0.481 e. The molecule has 1 unspecified atom stereocenters. The van der Waals surface area contributed by atoms with Crippen molar-refractivity contribution < 1.29 is 19.9 Å². The van der Waals surface area contributed by atoms with Gasteiger partial charge in [-0.2, -0.15) is 0 Å². The van der Waals surface area contributed by atoms with Gasteiger partial charge >= 0.3 is 13.1 Å². The maximum Gasteiger partial charge on any atom is 0.451 e. The van der Waals surface area contributed by atoms with Gasteiger partial charge in [0.2, 0.25) is 0 Å². The second kappa shape index (κ2) is 6.88. The highest BCUT2D eigenvalue weighted by Gasteiger charge is 2.13. The van der Waals surface area contributed by atoms with Crippen molar-refractivity contribution in [2.75, 3.05) is 6.54 Å². The van der Waals surface area contributed by atoms with Gasteiger partial charge < -0.3 is 20.9 Å². The van der Waals surface area contributed by atoms with Crippen LogP contribution >= 0.6 is 0 Å². The van der Waals surface area contributed by atoms with Gasteiger partial charge in [-0.25, -0.2) is 0 Å². The molecule has 0 radical (unpaired) electrons. The van der Waals surface area contributed by atoms with Gasteiger partial charge in [0.1, 0.15) is 0 Å². The fraction of sp³-hybridized carbons (Fsp3) is 0.857. The van der Waals surface area contributed by atoms with E-state index in [4.69, 9.17) is 20.9 Å². The minimum atomic E-state index is -1.30. The lowest BCUT2D eigenvalue weighted by Gasteiger charge is -2.11. The maximum atomic E-state index is 10.3. The van der Waals surface area contributed by atoms with Crippen molar-refractivity contribution >= 4 is 13.1 Å². The maximum absolute atomic E-state index is 10.3. The Bertz CT molecular complexity index is 153. The average Bonchev–Trinajstić information content (AvgIpc) is 2.01. The molecule has 0 amide bonds. The minimum absolute atomic E-state index is 0.0536. The van der Waals surface area contributed by atoms with E-state index in [1.165, 1.54) is 0 Å². The molecule has 6 heteroatoms. The first-order valence-electron chi connectivity index (χ1n) is 4.34. The third-order valence-corrected chi connectivity index (χ3v) is 1.87. The van der Waals surface area contributed by atoms with Crippen molar-refractivity contribution in [2.24, 2.45) is 11.7 Å². The summed E-state index contributed by atoms with van der Waals surface area (Å²) in [7, 11) is -1.30. The summed E-state index contributed by atoms with van der Waals surface area (Å²) in [5, 5.41) is 25.5. The summed E-state index contributed by atoms with van der Waals surface area (Å²) in [6, 6.07) is 0. The molecule has 5 nitrogen and oxygen atoms in total. The van der Waals surface area contributed by atoms with Crippen LogP contribution in [0.5, 0.6) is 0 Å². The van der Waals surface area contributed by atoms with Gasteiger partial charge in [0.15, 0.2) is 0 Å². The number of nitrogens with two attached hydrogens (primary N) is 1. The van der Waals surface area contributed by atoms with Crippen LogP contribution in [0.25, 0.3) is 0 Å². The molecule has 0 aliphatic rings. The van der Waals surface area contributed by atoms with Gasteiger partial charge in [0.05, 0.1) is 0 Å². The van der Waals surface area contributed by atoms with Crippen LogP contribution in [0.15, 0.2) is 0 Å². The van der Waals surface area contributed by atoms with Crippen molar-refractivity contribution in [1.82, 2.24) is 0 Å². The third kappa shape index (κ3) is 7.77. The summed E-state index contributed by atoms with van der Waals surface area (Å²) >= 11 is 0. The molecule has 0 aromatic carbocycles. The van der Waals surface area contributed by atoms with Crippen LogP contribution < -0.4 is 5.73 Å². The SMILES string of the molecule is NCC(CCCB(O)O)CC(=O)O. The molecule has 0 saturated heterocycles. The van der Waals surface area contributed by atoms with Gasteiger partial charge in [-0.15, -0.1) is 0 Å². The summed E-state index contributed by atoms with van der Waals surface area (Å²) in [5.74, 6) is -0.920. The second-order valence-electron chi connectivity index (χ2n) is 3.11. The van der Waals surface area contributed by atoms with Crippen molar-refractivity contribution in [3.05, 3.63) is 0 Å². The van der Waals surface area contributed by atoms with Gasteiger partial charge in [-0.1, -0.05) is 6.42 Å². The summed E-state index contributed by atoms with van der Waals surface area (Å²) in [6.45, 7) is 0.327. The van der Waals surface area contributed by atoms with E-state index in [1.807, 2.05) is 0 Å². The summed E-state index contributed by atoms with van der Waals surface area (Å²) < 4.78 is 0. The number of carbonyl (C=O) groups is 1. The number of rotatable bonds is 7. The molecule has 0 bridgehead atoms. The Balaban J connectivity index is 3.53. The molecule has 0 aliphatic carbocycles. The Morgan fingerprint density at radius 2 is 2.08 bits per heavy atom. The zero-order valence-corrected chi connectivity index (χ0v) is 7.52. The van der Waals surface area contributed by atoms with Crippen molar-refractivity contribution in [2.45, 2.75) is 25.6 Å². The molecule has 0 spiro atoms. The first kappa shape index (κ1) is 12.4. The van der Waals surface area contributed by atoms with E-state index in [0.717, 1.165) is 0 Å². The highest BCUT2D eigenvalue weighted by Crippen LogP contribution is 2.12. The lowest BCUT2D eigenvalue weighted by atomic mass is 9.82. The van der Waals surface area contributed by atoms with Crippen molar-refractivity contribution in [1.29, 1.82) is 0 Å². The molecule has 0 saturated carbocycles. The molecule has 5 N–H and O–H groups in total. The Labute approximate surface area is 77.7 Å². The van der Waals surface area contributed by atoms with Crippen molar-refractivity contribution in [3.8, 4) is 0 Å². The van der Waals surface area contributed by atoms with Crippen LogP contribution in [0.1, 0.15) is 19.3 Å². The fourth-order valence-corrected chi connectivity index (χ4v) is 1.14. The quantitative estimate of drug-likeness (QED) is 0.396. The van der Waals surface area contributed by atoms with Crippen LogP contribution in [0.2, 0.25) is 6.32 Å². The Morgan fingerprint density at radius 1 is 1.46 bits per heavy atom. The van der Waals surface area contributed by atoms with E-state index in [1.54, 1.807) is 0 Å². The lowest BCUT2D eigenvalue weighted by Crippen LogP contribution is -2.19. The van der Waals surface area contributed by atoms with E-state index < -0.39 is 13.1 Å². The topological polar surface area (TPSA) is 104 Å². The van der Waals surface area contributed by atoms with E-state index in [9.17, 15) is 4.79 Å². The third-order valence-electron chi connectivity index (χ3n) is 1.87. The average molecular weight is 189 g/mol. The fourth-order valence-electron chi connectivity index (χ4n) is 1.14. The van der Waals surface area contributed by atoms with Crippen molar-refractivity contribution in [3.63, 3.8) is 0 Å². The largest absolute Gasteiger partial charge is 0.481 e. The van der Waals surface area contributed by atoms with Gasteiger partial charge in [-0.05, 0) is 25.2 Å². The Hall–Kier alpha value is -0.585. The van der Waals surface area contributed by atoms with Crippen LogP contribution in [-0.4, -0.2) is 34.8 Å². The van der Waals surface area contributed by atoms with Crippen LogP contribution in [0, 0.1) is 5.92 Å². The van der Waals surface area contributed by atoms with E-state index >= 15 is 0 Å². The normalized spacial score (nSPS) is 12.5. The monoisotopic (exact) mass is 189 g/mol. The molecule has 1 atom stereocenters. The Morgan fingerprint density at radius 3 is 2.46 bits per heavy atom. The predicted molar refractivity (Wildman–Crippen MR) is 49.0 cm³/mol. The Kier molecular flexibility index (Phi) is 6.57. The smallest absolute Gasteiger partial charge is 0.451 e. The zero-order valence-electron chi connectivity index (χ0n) is 7.52. The van der Waals surface area contributed by atoms with E-state index in [2.05, 4.69) is 0 Å². The molecule has 0 aliphatic heterocycles. The molecule has 0 rings (SSSR count). The standard InChI is InChI=1S/C7H16BNO4/c9-5-6(4-7(10)11)2-1-3-8(12)13/h6,12-13H,1-5,9H2,(H,10,11). The van der Waals surface area contributed by atoms with E-state index in [0.29, 0.717) is 19.4 Å². The molecule has 0 aromatic rings. The molecule has 76 valence electrons. The molecular formula is C7H16BNO4. The number of hydrogen-bond donors (Lipinski definition) is 4. The van der Waals surface area contributed by atoms with Gasteiger partial charge in [0, 0.05) is 6.42 Å². The number of aliphatic carboxylic acids is 1. The molecule has 0 aromatic heterocycles. The highest BCUT2D eigenvalue weighted by atomic mass is 16.4. The number of hydrogen-bond acceptors (Lipinski definition) is 4. The van der Waals surface area contributed by atoms with Gasteiger partial charge in [-0.3, -0.25) is 4.79 Å². The first-order valence-corrected chi connectivity index (χ1v) is 4.34. The molecule has 0 fully saturated rings. The molecule has 0 heterocycles. The van der Waals surface area contributed by atoms with Crippen LogP contribution in [0.4, 0.5) is 0 Å². The van der Waals surface area contributed by atoms with Crippen LogP contribution in [-0.2, 0) is 4.79 Å². The summed E-state index contributed by atoms with van der Waals surface area (Å²) in [6.07, 6.45) is 1.54. The summed E-state index contributed by atoms with van der Waals surface area (Å²) in [4.78, 5) is 10.3. The lowest BCUT2D eigenvalue weighted by molar-refractivity contribution is -0.138. The predicted octanol–water partition coefficient (Wildman–Crippen LogP) is -0.711. The van der Waals surface area contributed by atoms with Crippen LogP contribution in [0.3, 0.4) is 0 Å². The second-order valence-corrected chi connectivity index (χ2v) is 3.11.